The minimum absolute atomic E-state index is 0.591. The van der Waals surface area contributed by atoms with Gasteiger partial charge in [-0.3, -0.25) is 0 Å². The molecule has 1 N–H and O–H groups in total. The Hall–Kier alpha value is -1.79. The maximum atomic E-state index is 6.28. The Morgan fingerprint density at radius 2 is 1.95 bits per heavy atom. The fourth-order valence-electron chi connectivity index (χ4n) is 1.84. The van der Waals surface area contributed by atoms with Crippen LogP contribution in [0.1, 0.15) is 5.82 Å². The van der Waals surface area contributed by atoms with Crippen LogP contribution in [0.25, 0.3) is 10.8 Å². The number of hydrogen-bond acceptors (Lipinski definition) is 5. The monoisotopic (exact) mass is 349 g/mol. The molecule has 3 aromatic rings. The summed E-state index contributed by atoms with van der Waals surface area (Å²) in [6.07, 6.45) is 5.06. The minimum Gasteiger partial charge on any atom is -0.337 e. The number of benzene rings is 1. The summed E-state index contributed by atoms with van der Waals surface area (Å²) in [4.78, 5) is 8.46. The zero-order valence-electron chi connectivity index (χ0n) is 10.4. The van der Waals surface area contributed by atoms with Gasteiger partial charge >= 0.3 is 0 Å². The smallest absolute Gasteiger partial charge is 0.148 e. The van der Waals surface area contributed by atoms with Gasteiger partial charge in [-0.05, 0) is 28.9 Å². The van der Waals surface area contributed by atoms with Crippen molar-refractivity contribution in [2.24, 2.45) is 0 Å². The predicted molar refractivity (Wildman–Crippen MR) is 82.3 cm³/mol. The highest BCUT2D eigenvalue weighted by Crippen LogP contribution is 2.34. The van der Waals surface area contributed by atoms with E-state index in [1.165, 1.54) is 0 Å². The Balaban J connectivity index is 2.15. The SMILES string of the molecule is Cc1ncc(Br)c(Nc2c(Cl)ccc3cnncc23)n1. The van der Waals surface area contributed by atoms with Crippen LogP contribution in [0.15, 0.2) is 35.2 Å². The molecule has 2 heterocycles. The van der Waals surface area contributed by atoms with Crippen molar-refractivity contribution in [1.82, 2.24) is 20.2 Å². The highest BCUT2D eigenvalue weighted by molar-refractivity contribution is 9.10. The van der Waals surface area contributed by atoms with E-state index < -0.39 is 0 Å². The molecule has 0 fully saturated rings. The van der Waals surface area contributed by atoms with E-state index in [9.17, 15) is 0 Å². The molecule has 1 aromatic carbocycles. The van der Waals surface area contributed by atoms with E-state index in [4.69, 9.17) is 11.6 Å². The lowest BCUT2D eigenvalue weighted by Gasteiger charge is -2.12. The third-order valence-electron chi connectivity index (χ3n) is 2.79. The third-order valence-corrected chi connectivity index (χ3v) is 3.68. The second-order valence-corrected chi connectivity index (χ2v) is 5.41. The second kappa shape index (κ2) is 5.30. The first kappa shape index (κ1) is 13.2. The largest absolute Gasteiger partial charge is 0.337 e. The second-order valence-electron chi connectivity index (χ2n) is 4.15. The number of fused-ring (bicyclic) bond motifs is 1. The molecule has 0 saturated carbocycles. The quantitative estimate of drug-likeness (QED) is 0.759. The number of aromatic nitrogens is 4. The van der Waals surface area contributed by atoms with E-state index in [1.807, 2.05) is 19.1 Å². The zero-order valence-corrected chi connectivity index (χ0v) is 12.8. The van der Waals surface area contributed by atoms with Crippen molar-refractivity contribution >= 4 is 49.8 Å². The Labute approximate surface area is 128 Å². The van der Waals surface area contributed by atoms with Gasteiger partial charge < -0.3 is 5.32 Å². The molecule has 0 aliphatic rings. The number of hydrogen-bond donors (Lipinski definition) is 1. The first-order chi connectivity index (χ1) is 9.65. The van der Waals surface area contributed by atoms with Crippen LogP contribution in [0.2, 0.25) is 5.02 Å². The van der Waals surface area contributed by atoms with Gasteiger partial charge in [-0.25, -0.2) is 9.97 Å². The van der Waals surface area contributed by atoms with Crippen LogP contribution in [0, 0.1) is 6.92 Å². The summed E-state index contributed by atoms with van der Waals surface area (Å²) in [6, 6.07) is 3.72. The number of rotatable bonds is 2. The van der Waals surface area contributed by atoms with Gasteiger partial charge in [0.15, 0.2) is 0 Å². The Morgan fingerprint density at radius 1 is 1.15 bits per heavy atom. The van der Waals surface area contributed by atoms with Crippen molar-refractivity contribution in [2.45, 2.75) is 6.92 Å². The van der Waals surface area contributed by atoms with Gasteiger partial charge in [0.2, 0.25) is 0 Å². The van der Waals surface area contributed by atoms with Crippen LogP contribution in [-0.4, -0.2) is 20.2 Å². The number of aryl methyl sites for hydroxylation is 1. The number of halogens is 2. The first-order valence-corrected chi connectivity index (χ1v) is 6.97. The summed E-state index contributed by atoms with van der Waals surface area (Å²) in [5.41, 5.74) is 0.748. The van der Waals surface area contributed by atoms with Crippen LogP contribution < -0.4 is 5.32 Å². The van der Waals surface area contributed by atoms with Gasteiger partial charge in [0.05, 0.1) is 27.6 Å². The van der Waals surface area contributed by atoms with Crippen LogP contribution >= 0.6 is 27.5 Å². The number of nitrogens with one attached hydrogen (secondary N) is 1. The summed E-state index contributed by atoms with van der Waals surface area (Å²) in [5.74, 6) is 1.33. The van der Waals surface area contributed by atoms with Crippen LogP contribution in [0.4, 0.5) is 11.5 Å². The van der Waals surface area contributed by atoms with E-state index in [-0.39, 0.29) is 0 Å². The molecule has 3 rings (SSSR count). The molecule has 5 nitrogen and oxygen atoms in total. The molecule has 0 unspecified atom stereocenters. The van der Waals surface area contributed by atoms with E-state index in [0.717, 1.165) is 20.9 Å². The molecule has 0 atom stereocenters. The third kappa shape index (κ3) is 2.44. The average Bonchev–Trinajstić information content (AvgIpc) is 2.46. The van der Waals surface area contributed by atoms with Crippen molar-refractivity contribution in [1.29, 1.82) is 0 Å². The van der Waals surface area contributed by atoms with Crippen LogP contribution in [-0.2, 0) is 0 Å². The first-order valence-electron chi connectivity index (χ1n) is 5.80. The van der Waals surface area contributed by atoms with E-state index in [2.05, 4.69) is 41.4 Å². The van der Waals surface area contributed by atoms with Crippen LogP contribution in [0.3, 0.4) is 0 Å². The van der Waals surface area contributed by atoms with Gasteiger partial charge in [0, 0.05) is 17.0 Å². The standard InChI is InChI=1S/C13H9BrClN5/c1-7-16-6-10(14)13(19-7)20-12-9-5-18-17-4-8(9)2-3-11(12)15/h2-6H,1H3,(H,16,19,20). The molecule has 2 aromatic heterocycles. The van der Waals surface area contributed by atoms with Crippen molar-refractivity contribution in [3.8, 4) is 0 Å². The van der Waals surface area contributed by atoms with Crippen molar-refractivity contribution < 1.29 is 0 Å². The van der Waals surface area contributed by atoms with Crippen LogP contribution in [0.5, 0.6) is 0 Å². The molecular formula is C13H9BrClN5. The fourth-order valence-corrected chi connectivity index (χ4v) is 2.34. The number of anilines is 2. The summed E-state index contributed by atoms with van der Waals surface area (Å²) in [7, 11) is 0. The molecular weight excluding hydrogens is 342 g/mol. The maximum absolute atomic E-state index is 6.28. The highest BCUT2D eigenvalue weighted by Gasteiger charge is 2.10. The molecule has 0 bridgehead atoms. The van der Waals surface area contributed by atoms with Gasteiger partial charge in [-0.2, -0.15) is 10.2 Å². The molecule has 0 aliphatic heterocycles. The average molecular weight is 351 g/mol. The normalized spacial score (nSPS) is 10.8. The Kier molecular flexibility index (Phi) is 3.50. The molecule has 7 heteroatoms. The van der Waals surface area contributed by atoms with Crippen molar-refractivity contribution in [3.05, 3.63) is 46.0 Å². The minimum atomic E-state index is 0.591. The molecule has 0 spiro atoms. The van der Waals surface area contributed by atoms with E-state index >= 15 is 0 Å². The van der Waals surface area contributed by atoms with E-state index in [1.54, 1.807) is 18.6 Å². The highest BCUT2D eigenvalue weighted by atomic mass is 79.9. The topological polar surface area (TPSA) is 63.6 Å². The summed E-state index contributed by atoms with van der Waals surface area (Å²) < 4.78 is 0.762. The Bertz CT molecular complexity index is 793. The summed E-state index contributed by atoms with van der Waals surface area (Å²) >= 11 is 9.69. The van der Waals surface area contributed by atoms with Gasteiger partial charge in [0.25, 0.3) is 0 Å². The molecule has 0 aliphatic carbocycles. The summed E-state index contributed by atoms with van der Waals surface area (Å²) in [6.45, 7) is 1.83. The zero-order chi connectivity index (χ0) is 14.1. The van der Waals surface area contributed by atoms with E-state index in [0.29, 0.717) is 16.7 Å². The fraction of sp³-hybridized carbons (Fsp3) is 0.0769. The molecule has 0 amide bonds. The van der Waals surface area contributed by atoms with Gasteiger partial charge in [-0.1, -0.05) is 17.7 Å². The maximum Gasteiger partial charge on any atom is 0.148 e. The number of nitrogens with zero attached hydrogens (tertiary/aromatic N) is 4. The molecule has 0 radical (unpaired) electrons. The van der Waals surface area contributed by atoms with Gasteiger partial charge in [0.1, 0.15) is 11.6 Å². The lowest BCUT2D eigenvalue weighted by atomic mass is 10.1. The van der Waals surface area contributed by atoms with Crippen molar-refractivity contribution in [2.75, 3.05) is 5.32 Å². The predicted octanol–water partition coefficient (Wildman–Crippen LogP) is 3.89. The molecule has 20 heavy (non-hydrogen) atoms. The lowest BCUT2D eigenvalue weighted by Crippen LogP contribution is -1.99. The molecule has 100 valence electrons. The van der Waals surface area contributed by atoms with Gasteiger partial charge in [-0.15, -0.1) is 0 Å². The Morgan fingerprint density at radius 3 is 2.80 bits per heavy atom. The summed E-state index contributed by atoms with van der Waals surface area (Å²) in [5, 5.41) is 13.4. The lowest BCUT2D eigenvalue weighted by molar-refractivity contribution is 1.04. The van der Waals surface area contributed by atoms with Crippen molar-refractivity contribution in [3.63, 3.8) is 0 Å². The molecule has 0 saturated heterocycles.